The molecule has 0 radical (unpaired) electrons. The van der Waals surface area contributed by atoms with Crippen molar-refractivity contribution in [1.29, 1.82) is 0 Å². The van der Waals surface area contributed by atoms with Gasteiger partial charge >= 0.3 is 0 Å². The van der Waals surface area contributed by atoms with Gasteiger partial charge in [-0.15, -0.1) is 0 Å². The van der Waals surface area contributed by atoms with E-state index in [0.717, 1.165) is 75.4 Å². The monoisotopic (exact) mass is 464 g/mol. The first-order valence-electron chi connectivity index (χ1n) is 12.2. The molecule has 178 valence electrons. The molecule has 4 nitrogen and oxygen atoms in total. The van der Waals surface area contributed by atoms with E-state index >= 15 is 4.39 Å². The number of hydrogen-bond donors (Lipinski definition) is 2. The maximum Gasteiger partial charge on any atom is 0.127 e. The number of hydrogen-bond acceptors (Lipinski definition) is 4. The number of nitrogens with one attached hydrogen (secondary N) is 1. The van der Waals surface area contributed by atoms with Crippen molar-refractivity contribution in [2.45, 2.75) is 77.0 Å². The first-order valence-corrected chi connectivity index (χ1v) is 12.6. The SMILES string of the molecule is CCC[C@@H](CCC[C@H](O)C1CCNCC1)CC[C@@H](F)c1c(Cl)cnc2ccc(OC)cc12. The zero-order chi connectivity index (χ0) is 22.9. The van der Waals surface area contributed by atoms with Gasteiger partial charge in [0.2, 0.25) is 0 Å². The Hall–Kier alpha value is -1.43. The van der Waals surface area contributed by atoms with Gasteiger partial charge in [0, 0.05) is 17.1 Å². The van der Waals surface area contributed by atoms with Crippen LogP contribution in [-0.4, -0.2) is 36.4 Å². The zero-order valence-corrected chi connectivity index (χ0v) is 20.2. The number of ether oxygens (including phenoxy) is 1. The molecule has 0 amide bonds. The van der Waals surface area contributed by atoms with Gasteiger partial charge < -0.3 is 15.2 Å². The minimum absolute atomic E-state index is 0.203. The van der Waals surface area contributed by atoms with Crippen LogP contribution in [0.15, 0.2) is 24.4 Å². The smallest absolute Gasteiger partial charge is 0.127 e. The van der Waals surface area contributed by atoms with Gasteiger partial charge in [0.15, 0.2) is 0 Å². The molecule has 0 spiro atoms. The molecule has 0 aliphatic carbocycles. The Bertz CT molecular complexity index is 844. The van der Waals surface area contributed by atoms with Gasteiger partial charge in [-0.05, 0) is 75.2 Å². The minimum Gasteiger partial charge on any atom is -0.497 e. The lowest BCUT2D eigenvalue weighted by Gasteiger charge is -2.27. The zero-order valence-electron chi connectivity index (χ0n) is 19.5. The normalized spacial score (nSPS) is 17.9. The summed E-state index contributed by atoms with van der Waals surface area (Å²) in [5, 5.41) is 15.0. The van der Waals surface area contributed by atoms with Crippen molar-refractivity contribution in [3.63, 3.8) is 0 Å². The molecule has 1 aliphatic heterocycles. The highest BCUT2D eigenvalue weighted by atomic mass is 35.5. The van der Waals surface area contributed by atoms with Crippen LogP contribution >= 0.6 is 11.6 Å². The summed E-state index contributed by atoms with van der Waals surface area (Å²) in [5.41, 5.74) is 1.25. The fourth-order valence-corrected chi connectivity index (χ4v) is 5.33. The standard InChI is InChI=1S/C26H38ClFN2O2/c1-3-5-18(6-4-7-25(31)19-12-14-29-15-13-19)8-10-23(28)26-21-16-20(32-2)9-11-24(21)30-17-22(26)27/h9,11,16-19,23,25,29,31H,3-8,10,12-15H2,1-2H3/t18-,23+,25-/m0/s1. The number of benzene rings is 1. The Labute approximate surface area is 196 Å². The van der Waals surface area contributed by atoms with Crippen molar-refractivity contribution in [1.82, 2.24) is 10.3 Å². The van der Waals surface area contributed by atoms with E-state index < -0.39 is 6.17 Å². The molecule has 3 atom stereocenters. The molecule has 1 fully saturated rings. The average Bonchev–Trinajstić information content (AvgIpc) is 2.82. The lowest BCUT2D eigenvalue weighted by Crippen LogP contribution is -2.34. The third-order valence-electron chi connectivity index (χ3n) is 6.95. The van der Waals surface area contributed by atoms with Gasteiger partial charge in [-0.3, -0.25) is 4.98 Å². The van der Waals surface area contributed by atoms with Crippen molar-refractivity contribution in [2.24, 2.45) is 11.8 Å². The van der Waals surface area contributed by atoms with E-state index in [9.17, 15) is 5.11 Å². The van der Waals surface area contributed by atoms with E-state index in [1.807, 2.05) is 18.2 Å². The van der Waals surface area contributed by atoms with Gasteiger partial charge in [0.05, 0.1) is 23.8 Å². The van der Waals surface area contributed by atoms with Crippen LogP contribution in [0.3, 0.4) is 0 Å². The predicted molar refractivity (Wildman–Crippen MR) is 130 cm³/mol. The Kier molecular flexibility index (Phi) is 10.0. The summed E-state index contributed by atoms with van der Waals surface area (Å²) in [5.74, 6) is 1.57. The van der Waals surface area contributed by atoms with Crippen molar-refractivity contribution in [3.8, 4) is 5.75 Å². The molecule has 0 saturated carbocycles. The molecular formula is C26H38ClFN2O2. The summed E-state index contributed by atoms with van der Waals surface area (Å²) in [6.45, 7) is 4.20. The van der Waals surface area contributed by atoms with Gasteiger partial charge in [0.1, 0.15) is 11.9 Å². The Morgan fingerprint density at radius 1 is 1.19 bits per heavy atom. The molecule has 2 aromatic rings. The molecule has 6 heteroatoms. The summed E-state index contributed by atoms with van der Waals surface area (Å²) in [6.07, 6.45) is 8.68. The van der Waals surface area contributed by atoms with Crippen molar-refractivity contribution in [2.75, 3.05) is 20.2 Å². The molecular weight excluding hydrogens is 427 g/mol. The highest BCUT2D eigenvalue weighted by molar-refractivity contribution is 6.32. The molecule has 32 heavy (non-hydrogen) atoms. The van der Waals surface area contributed by atoms with Crippen LogP contribution in [0.25, 0.3) is 10.9 Å². The van der Waals surface area contributed by atoms with Crippen molar-refractivity contribution < 1.29 is 14.2 Å². The van der Waals surface area contributed by atoms with Crippen LogP contribution in [0.4, 0.5) is 4.39 Å². The summed E-state index contributed by atoms with van der Waals surface area (Å²) in [7, 11) is 1.60. The number of pyridine rings is 1. The van der Waals surface area contributed by atoms with Crippen LogP contribution in [0, 0.1) is 11.8 Å². The number of rotatable bonds is 12. The number of halogens is 2. The molecule has 1 saturated heterocycles. The number of aliphatic hydroxyl groups is 1. The molecule has 1 aliphatic rings. The lowest BCUT2D eigenvalue weighted by atomic mass is 9.86. The van der Waals surface area contributed by atoms with E-state index in [2.05, 4.69) is 17.2 Å². The van der Waals surface area contributed by atoms with E-state index in [0.29, 0.717) is 34.6 Å². The third-order valence-corrected chi connectivity index (χ3v) is 7.25. The third kappa shape index (κ3) is 6.79. The van der Waals surface area contributed by atoms with Crippen LogP contribution in [0.5, 0.6) is 5.75 Å². The fraction of sp³-hybridized carbons (Fsp3) is 0.654. The van der Waals surface area contributed by atoms with Crippen LogP contribution < -0.4 is 10.1 Å². The van der Waals surface area contributed by atoms with E-state index in [1.165, 1.54) is 0 Å². The highest BCUT2D eigenvalue weighted by Gasteiger charge is 2.23. The number of nitrogens with zero attached hydrogens (tertiary/aromatic N) is 1. The van der Waals surface area contributed by atoms with Crippen LogP contribution in [-0.2, 0) is 0 Å². The topological polar surface area (TPSA) is 54.4 Å². The van der Waals surface area contributed by atoms with E-state index in [4.69, 9.17) is 16.3 Å². The fourth-order valence-electron chi connectivity index (χ4n) is 5.06. The van der Waals surface area contributed by atoms with Crippen LogP contribution in [0.2, 0.25) is 5.02 Å². The predicted octanol–water partition coefficient (Wildman–Crippen LogP) is 6.63. The molecule has 1 aromatic heterocycles. The van der Waals surface area contributed by atoms with E-state index in [1.54, 1.807) is 13.3 Å². The summed E-state index contributed by atoms with van der Waals surface area (Å²) < 4.78 is 20.8. The quantitative estimate of drug-likeness (QED) is 0.370. The second-order valence-electron chi connectivity index (χ2n) is 9.19. The summed E-state index contributed by atoms with van der Waals surface area (Å²) in [6, 6.07) is 5.49. The number of aliphatic hydroxyl groups excluding tert-OH is 1. The highest BCUT2D eigenvalue weighted by Crippen LogP contribution is 2.37. The lowest BCUT2D eigenvalue weighted by molar-refractivity contribution is 0.0770. The molecule has 0 unspecified atom stereocenters. The van der Waals surface area contributed by atoms with Crippen molar-refractivity contribution in [3.05, 3.63) is 35.0 Å². The van der Waals surface area contributed by atoms with Gasteiger partial charge in [0.25, 0.3) is 0 Å². The van der Waals surface area contributed by atoms with Gasteiger partial charge in [-0.2, -0.15) is 0 Å². The first kappa shape index (κ1) is 25.2. The maximum atomic E-state index is 15.5. The maximum absolute atomic E-state index is 15.5. The summed E-state index contributed by atoms with van der Waals surface area (Å²) in [4.78, 5) is 4.34. The molecule has 2 heterocycles. The molecule has 1 aromatic carbocycles. The van der Waals surface area contributed by atoms with E-state index in [-0.39, 0.29) is 6.10 Å². The molecule has 0 bridgehead atoms. The number of fused-ring (bicyclic) bond motifs is 1. The Morgan fingerprint density at radius 3 is 2.69 bits per heavy atom. The number of alkyl halides is 1. The van der Waals surface area contributed by atoms with Crippen molar-refractivity contribution >= 4 is 22.5 Å². The average molecular weight is 465 g/mol. The Morgan fingerprint density at radius 2 is 1.97 bits per heavy atom. The second-order valence-corrected chi connectivity index (χ2v) is 9.60. The second kappa shape index (κ2) is 12.7. The Balaban J connectivity index is 1.57. The number of methoxy groups -OCH3 is 1. The first-order chi connectivity index (χ1) is 15.5. The summed E-state index contributed by atoms with van der Waals surface area (Å²) >= 11 is 6.39. The van der Waals surface area contributed by atoms with Gasteiger partial charge in [-0.1, -0.05) is 44.2 Å². The molecule has 3 rings (SSSR count). The van der Waals surface area contributed by atoms with Crippen LogP contribution in [0.1, 0.15) is 76.4 Å². The largest absolute Gasteiger partial charge is 0.497 e. The number of piperidine rings is 1. The number of aromatic nitrogens is 1. The molecule has 2 N–H and O–H groups in total. The minimum atomic E-state index is -1.14. The van der Waals surface area contributed by atoms with Gasteiger partial charge in [-0.25, -0.2) is 4.39 Å².